The Morgan fingerprint density at radius 2 is 2.12 bits per heavy atom. The molecule has 142 valence electrons. The molecule has 3 N–H and O–H groups in total. The molecule has 8 heteroatoms. The molecule has 1 aliphatic rings. The molecule has 0 bridgehead atoms. The first kappa shape index (κ1) is 22.2. The summed E-state index contributed by atoms with van der Waals surface area (Å²) in [5, 5.41) is 2.85. The van der Waals surface area contributed by atoms with Gasteiger partial charge < -0.3 is 15.8 Å². The number of amides is 1. The van der Waals surface area contributed by atoms with Gasteiger partial charge in [-0.05, 0) is 49.1 Å². The lowest BCUT2D eigenvalue weighted by atomic mass is 10.1. The van der Waals surface area contributed by atoms with Gasteiger partial charge in [-0.15, -0.1) is 24.8 Å². The fourth-order valence-corrected chi connectivity index (χ4v) is 2.86. The van der Waals surface area contributed by atoms with Gasteiger partial charge in [-0.3, -0.25) is 9.78 Å². The zero-order valence-electron chi connectivity index (χ0n) is 14.1. The number of rotatable bonds is 5. The molecule has 0 saturated heterocycles. The van der Waals surface area contributed by atoms with Crippen molar-refractivity contribution in [3.63, 3.8) is 0 Å². The Balaban J connectivity index is 0.00000169. The van der Waals surface area contributed by atoms with E-state index in [1.54, 1.807) is 30.5 Å². The summed E-state index contributed by atoms with van der Waals surface area (Å²) < 4.78 is 19.6. The summed E-state index contributed by atoms with van der Waals surface area (Å²) in [6.45, 7) is 0.286. The summed E-state index contributed by atoms with van der Waals surface area (Å²) in [6, 6.07) is 8.18. The maximum Gasteiger partial charge on any atom is 0.223 e. The number of halogens is 3. The van der Waals surface area contributed by atoms with Crippen LogP contribution in [-0.2, 0) is 11.3 Å². The molecule has 0 spiro atoms. The Kier molecular flexibility index (Phi) is 8.78. The molecule has 1 aliphatic carbocycles. The highest BCUT2D eigenvalue weighted by Gasteiger charge is 2.27. The summed E-state index contributed by atoms with van der Waals surface area (Å²) in [4.78, 5) is 16.0. The van der Waals surface area contributed by atoms with E-state index in [-0.39, 0.29) is 55.0 Å². The summed E-state index contributed by atoms with van der Waals surface area (Å²) in [5.74, 6) is 0.0698. The minimum atomic E-state index is -0.478. The fraction of sp³-hybridized carbons (Fsp3) is 0.333. The van der Waals surface area contributed by atoms with Crippen LogP contribution >= 0.6 is 24.8 Å². The first-order chi connectivity index (χ1) is 11.6. The molecule has 5 nitrogen and oxygen atoms in total. The lowest BCUT2D eigenvalue weighted by Gasteiger charge is -2.12. The van der Waals surface area contributed by atoms with Gasteiger partial charge in [0, 0.05) is 24.7 Å². The van der Waals surface area contributed by atoms with Crippen LogP contribution < -0.4 is 15.8 Å². The van der Waals surface area contributed by atoms with Crippen molar-refractivity contribution in [2.75, 3.05) is 0 Å². The highest BCUT2D eigenvalue weighted by atomic mass is 35.5. The van der Waals surface area contributed by atoms with E-state index in [1.807, 2.05) is 0 Å². The summed E-state index contributed by atoms with van der Waals surface area (Å²) in [7, 11) is 0. The van der Waals surface area contributed by atoms with Crippen molar-refractivity contribution in [1.82, 2.24) is 10.3 Å². The van der Waals surface area contributed by atoms with Gasteiger partial charge in [0.15, 0.2) is 11.6 Å². The second-order valence-corrected chi connectivity index (χ2v) is 6.04. The van der Waals surface area contributed by atoms with Gasteiger partial charge in [-0.25, -0.2) is 4.39 Å². The summed E-state index contributed by atoms with van der Waals surface area (Å²) in [5.41, 5.74) is 6.50. The maximum absolute atomic E-state index is 14.1. The van der Waals surface area contributed by atoms with Crippen LogP contribution in [0.2, 0.25) is 0 Å². The third-order valence-corrected chi connectivity index (χ3v) is 4.17. The lowest BCUT2D eigenvalue weighted by Crippen LogP contribution is -2.30. The van der Waals surface area contributed by atoms with Crippen LogP contribution in [0, 0.1) is 11.7 Å². The van der Waals surface area contributed by atoms with E-state index in [0.717, 1.165) is 19.3 Å². The Hall–Kier alpha value is -1.89. The van der Waals surface area contributed by atoms with E-state index in [1.165, 1.54) is 12.3 Å². The minimum absolute atomic E-state index is 0. The van der Waals surface area contributed by atoms with E-state index >= 15 is 0 Å². The summed E-state index contributed by atoms with van der Waals surface area (Å²) >= 11 is 0. The molecule has 1 fully saturated rings. The Morgan fingerprint density at radius 3 is 2.73 bits per heavy atom. The molecule has 2 atom stereocenters. The number of aromatic nitrogens is 1. The van der Waals surface area contributed by atoms with Crippen LogP contribution in [0.25, 0.3) is 0 Å². The first-order valence-corrected chi connectivity index (χ1v) is 8.01. The maximum atomic E-state index is 14.1. The van der Waals surface area contributed by atoms with E-state index < -0.39 is 5.82 Å². The molecule has 1 amide bonds. The van der Waals surface area contributed by atoms with Crippen molar-refractivity contribution in [3.05, 3.63) is 54.1 Å². The standard InChI is InChI=1S/C18H20FN3O2.2ClH/c19-16-8-12(10-22-18(23)13-4-5-14(20)9-13)3-6-17(16)24-15-2-1-7-21-11-15;;/h1-3,6-8,11,13-14H,4-5,9-10,20H2,(H,22,23);2*1H. The van der Waals surface area contributed by atoms with E-state index in [9.17, 15) is 9.18 Å². The van der Waals surface area contributed by atoms with Gasteiger partial charge in [-0.1, -0.05) is 6.07 Å². The summed E-state index contributed by atoms with van der Waals surface area (Å²) in [6.07, 6.45) is 5.55. The first-order valence-electron chi connectivity index (χ1n) is 8.01. The highest BCUT2D eigenvalue weighted by molar-refractivity contribution is 5.85. The Morgan fingerprint density at radius 1 is 1.31 bits per heavy atom. The second-order valence-electron chi connectivity index (χ2n) is 6.04. The number of ether oxygens (including phenoxy) is 1. The van der Waals surface area contributed by atoms with Crippen LogP contribution in [-0.4, -0.2) is 16.9 Å². The molecule has 1 saturated carbocycles. The Labute approximate surface area is 164 Å². The smallest absolute Gasteiger partial charge is 0.223 e. The topological polar surface area (TPSA) is 77.2 Å². The van der Waals surface area contributed by atoms with Gasteiger partial charge in [0.25, 0.3) is 0 Å². The normalized spacial score (nSPS) is 18.4. The number of nitrogens with one attached hydrogen (secondary N) is 1. The van der Waals surface area contributed by atoms with Crippen molar-refractivity contribution < 1.29 is 13.9 Å². The number of carbonyl (C=O) groups excluding carboxylic acids is 1. The predicted molar refractivity (Wildman–Crippen MR) is 102 cm³/mol. The third-order valence-electron chi connectivity index (χ3n) is 4.17. The van der Waals surface area contributed by atoms with Crippen molar-refractivity contribution in [3.8, 4) is 11.5 Å². The average Bonchev–Trinajstić information content (AvgIpc) is 3.02. The second kappa shape index (κ2) is 10.3. The molecule has 26 heavy (non-hydrogen) atoms. The minimum Gasteiger partial charge on any atom is -0.453 e. The lowest BCUT2D eigenvalue weighted by molar-refractivity contribution is -0.125. The number of pyridine rings is 1. The molecule has 2 aromatic rings. The molecule has 0 aliphatic heterocycles. The zero-order chi connectivity index (χ0) is 16.9. The number of hydrogen-bond acceptors (Lipinski definition) is 4. The molecule has 1 aromatic heterocycles. The number of hydrogen-bond donors (Lipinski definition) is 2. The van der Waals surface area contributed by atoms with Crippen LogP contribution in [0.15, 0.2) is 42.7 Å². The fourth-order valence-electron chi connectivity index (χ4n) is 2.86. The van der Waals surface area contributed by atoms with Crippen LogP contribution in [0.4, 0.5) is 4.39 Å². The van der Waals surface area contributed by atoms with Crippen molar-refractivity contribution in [2.24, 2.45) is 11.7 Å². The molecule has 2 unspecified atom stereocenters. The molecule has 1 heterocycles. The van der Waals surface area contributed by atoms with Gasteiger partial charge in [0.1, 0.15) is 5.75 Å². The number of carbonyl (C=O) groups is 1. The van der Waals surface area contributed by atoms with Gasteiger partial charge >= 0.3 is 0 Å². The SMILES string of the molecule is Cl.Cl.NC1CCC(C(=O)NCc2ccc(Oc3cccnc3)c(F)c2)C1. The number of nitrogens with two attached hydrogens (primary N) is 1. The Bertz CT molecular complexity index is 719. The van der Waals surface area contributed by atoms with Gasteiger partial charge in [0.05, 0.1) is 6.20 Å². The van der Waals surface area contributed by atoms with E-state index in [4.69, 9.17) is 10.5 Å². The highest BCUT2D eigenvalue weighted by Crippen LogP contribution is 2.26. The van der Waals surface area contributed by atoms with Crippen LogP contribution in [0.5, 0.6) is 11.5 Å². The monoisotopic (exact) mass is 401 g/mol. The van der Waals surface area contributed by atoms with E-state index in [2.05, 4.69) is 10.3 Å². The van der Waals surface area contributed by atoms with Gasteiger partial charge in [-0.2, -0.15) is 0 Å². The average molecular weight is 402 g/mol. The number of nitrogens with zero attached hydrogens (tertiary/aromatic N) is 1. The van der Waals surface area contributed by atoms with Crippen molar-refractivity contribution in [2.45, 2.75) is 31.8 Å². The molecular formula is C18H22Cl2FN3O2. The van der Waals surface area contributed by atoms with Crippen molar-refractivity contribution in [1.29, 1.82) is 0 Å². The van der Waals surface area contributed by atoms with Crippen LogP contribution in [0.1, 0.15) is 24.8 Å². The molecule has 3 rings (SSSR count). The zero-order valence-corrected chi connectivity index (χ0v) is 15.7. The third kappa shape index (κ3) is 5.83. The predicted octanol–water partition coefficient (Wildman–Crippen LogP) is 3.60. The van der Waals surface area contributed by atoms with Crippen LogP contribution in [0.3, 0.4) is 0 Å². The van der Waals surface area contributed by atoms with E-state index in [0.29, 0.717) is 11.3 Å². The largest absolute Gasteiger partial charge is 0.453 e. The number of benzene rings is 1. The van der Waals surface area contributed by atoms with Gasteiger partial charge in [0.2, 0.25) is 5.91 Å². The van der Waals surface area contributed by atoms with Crippen molar-refractivity contribution >= 4 is 30.7 Å². The quantitative estimate of drug-likeness (QED) is 0.801. The molecular weight excluding hydrogens is 380 g/mol. The molecule has 1 aromatic carbocycles. The molecule has 0 radical (unpaired) electrons.